The van der Waals surface area contributed by atoms with E-state index in [2.05, 4.69) is 0 Å². The summed E-state index contributed by atoms with van der Waals surface area (Å²) in [6.07, 6.45) is 0. The number of benzene rings is 2. The summed E-state index contributed by atoms with van der Waals surface area (Å²) in [7, 11) is 0. The molecule has 1 saturated heterocycles. The topological polar surface area (TPSA) is 40.6 Å². The Bertz CT molecular complexity index is 790. The van der Waals surface area contributed by atoms with Crippen molar-refractivity contribution in [3.8, 4) is 0 Å². The average Bonchev–Trinajstić information content (AvgIpc) is 2.67. The molecule has 0 bridgehead atoms. The van der Waals surface area contributed by atoms with Crippen molar-refractivity contribution in [3.63, 3.8) is 0 Å². The van der Waals surface area contributed by atoms with Crippen molar-refractivity contribution in [1.29, 1.82) is 0 Å². The molecule has 136 valence electrons. The Morgan fingerprint density at radius 2 is 1.73 bits per heavy atom. The molecule has 0 unspecified atom stereocenters. The molecule has 2 aromatic carbocycles. The fourth-order valence-corrected chi connectivity index (χ4v) is 3.75. The number of amides is 1. The lowest BCUT2D eigenvalue weighted by Crippen LogP contribution is -2.49. The molecular weight excluding hydrogens is 351 g/mol. The standard InChI is InChI=1S/C20H21FN2O2S/c1-15(24)16-7-8-19(18(21)13-16)22-9-11-23(12-10-22)20(25)14-26-17-5-3-2-4-6-17/h2-8,13H,9-12,14H2,1H3. The number of carbonyl (C=O) groups excluding carboxylic acids is 2. The van der Waals surface area contributed by atoms with Gasteiger partial charge in [0.15, 0.2) is 5.78 Å². The molecule has 1 amide bonds. The third-order valence-electron chi connectivity index (χ3n) is 4.43. The first-order valence-electron chi connectivity index (χ1n) is 8.55. The summed E-state index contributed by atoms with van der Waals surface area (Å²) in [5.41, 5.74) is 0.860. The van der Waals surface area contributed by atoms with Gasteiger partial charge in [-0.25, -0.2) is 4.39 Å². The number of hydrogen-bond donors (Lipinski definition) is 0. The zero-order valence-electron chi connectivity index (χ0n) is 14.7. The summed E-state index contributed by atoms with van der Waals surface area (Å²) < 4.78 is 14.3. The second kappa shape index (κ2) is 8.36. The lowest BCUT2D eigenvalue weighted by atomic mass is 10.1. The van der Waals surface area contributed by atoms with Gasteiger partial charge in [-0.15, -0.1) is 11.8 Å². The van der Waals surface area contributed by atoms with Crippen molar-refractivity contribution in [3.05, 3.63) is 59.9 Å². The van der Waals surface area contributed by atoms with Crippen LogP contribution in [0, 0.1) is 5.82 Å². The lowest BCUT2D eigenvalue weighted by molar-refractivity contribution is -0.128. The van der Waals surface area contributed by atoms with Crippen LogP contribution in [0.2, 0.25) is 0 Å². The minimum Gasteiger partial charge on any atom is -0.366 e. The third kappa shape index (κ3) is 4.43. The number of halogens is 1. The van der Waals surface area contributed by atoms with E-state index in [1.807, 2.05) is 40.1 Å². The molecule has 1 aliphatic rings. The highest BCUT2D eigenvalue weighted by Crippen LogP contribution is 2.23. The molecule has 0 N–H and O–H groups in total. The van der Waals surface area contributed by atoms with Crippen molar-refractivity contribution in [2.24, 2.45) is 0 Å². The molecule has 4 nitrogen and oxygen atoms in total. The van der Waals surface area contributed by atoms with Crippen molar-refractivity contribution in [1.82, 2.24) is 4.90 Å². The Morgan fingerprint density at radius 1 is 1.04 bits per heavy atom. The van der Waals surface area contributed by atoms with Crippen LogP contribution < -0.4 is 4.90 Å². The maximum Gasteiger partial charge on any atom is 0.233 e. The van der Waals surface area contributed by atoms with E-state index in [-0.39, 0.29) is 11.7 Å². The van der Waals surface area contributed by atoms with E-state index in [1.54, 1.807) is 12.1 Å². The van der Waals surface area contributed by atoms with Crippen molar-refractivity contribution in [2.75, 3.05) is 36.8 Å². The predicted molar refractivity (Wildman–Crippen MR) is 102 cm³/mol. The first kappa shape index (κ1) is 18.5. The molecule has 2 aromatic rings. The predicted octanol–water partition coefficient (Wildman–Crippen LogP) is 3.47. The number of hydrogen-bond acceptors (Lipinski definition) is 4. The van der Waals surface area contributed by atoms with Crippen LogP contribution in [0.5, 0.6) is 0 Å². The van der Waals surface area contributed by atoms with E-state index in [1.165, 1.54) is 24.8 Å². The van der Waals surface area contributed by atoms with Crippen LogP contribution >= 0.6 is 11.8 Å². The molecule has 1 fully saturated rings. The lowest BCUT2D eigenvalue weighted by Gasteiger charge is -2.36. The van der Waals surface area contributed by atoms with Gasteiger partial charge in [0.1, 0.15) is 5.82 Å². The molecule has 6 heteroatoms. The summed E-state index contributed by atoms with van der Waals surface area (Å²) in [4.78, 5) is 28.5. The maximum absolute atomic E-state index is 14.3. The molecule has 1 aliphatic heterocycles. The average molecular weight is 372 g/mol. The normalized spacial score (nSPS) is 14.4. The van der Waals surface area contributed by atoms with E-state index < -0.39 is 5.82 Å². The van der Waals surface area contributed by atoms with Crippen molar-refractivity contribution >= 4 is 29.1 Å². The highest BCUT2D eigenvalue weighted by atomic mass is 32.2. The number of nitrogens with zero attached hydrogens (tertiary/aromatic N) is 2. The van der Waals surface area contributed by atoms with Crippen LogP contribution in [0.15, 0.2) is 53.4 Å². The summed E-state index contributed by atoms with van der Waals surface area (Å²) in [6.45, 7) is 3.73. The van der Waals surface area contributed by atoms with E-state index in [0.717, 1.165) is 4.90 Å². The molecule has 0 saturated carbocycles. The molecule has 3 rings (SSSR count). The zero-order valence-corrected chi connectivity index (χ0v) is 15.5. The molecule has 0 radical (unpaired) electrons. The van der Waals surface area contributed by atoms with Gasteiger partial charge in [-0.1, -0.05) is 18.2 Å². The number of rotatable bonds is 5. The van der Waals surface area contributed by atoms with E-state index >= 15 is 0 Å². The Kier molecular flexibility index (Phi) is 5.93. The molecule has 0 atom stereocenters. The highest BCUT2D eigenvalue weighted by Gasteiger charge is 2.23. The number of ketones is 1. The fraction of sp³-hybridized carbons (Fsp3) is 0.300. The third-order valence-corrected chi connectivity index (χ3v) is 5.43. The van der Waals surface area contributed by atoms with Gasteiger partial charge in [-0.3, -0.25) is 9.59 Å². The van der Waals surface area contributed by atoms with Crippen LogP contribution in [0.3, 0.4) is 0 Å². The number of Topliss-reactive ketones (excluding diaryl/α,β-unsaturated/α-hetero) is 1. The van der Waals surface area contributed by atoms with Gasteiger partial charge in [-0.2, -0.15) is 0 Å². The molecular formula is C20H21FN2O2S. The Labute approximate surface area is 157 Å². The van der Waals surface area contributed by atoms with E-state index in [9.17, 15) is 14.0 Å². The van der Waals surface area contributed by atoms with Gasteiger partial charge in [0.05, 0.1) is 11.4 Å². The van der Waals surface area contributed by atoms with E-state index in [0.29, 0.717) is 43.2 Å². The monoisotopic (exact) mass is 372 g/mol. The quantitative estimate of drug-likeness (QED) is 0.595. The number of piperazine rings is 1. The summed E-state index contributed by atoms with van der Waals surface area (Å²) in [6, 6.07) is 14.4. The number of carbonyl (C=O) groups is 2. The van der Waals surface area contributed by atoms with Crippen LogP contribution in [0.25, 0.3) is 0 Å². The van der Waals surface area contributed by atoms with Gasteiger partial charge < -0.3 is 9.80 Å². The molecule has 0 aliphatic carbocycles. The Balaban J connectivity index is 1.54. The van der Waals surface area contributed by atoms with Gasteiger partial charge in [0.25, 0.3) is 0 Å². The summed E-state index contributed by atoms with van der Waals surface area (Å²) in [5, 5.41) is 0. The second-order valence-electron chi connectivity index (χ2n) is 6.19. The van der Waals surface area contributed by atoms with Gasteiger partial charge in [0, 0.05) is 36.6 Å². The minimum atomic E-state index is -0.392. The molecule has 0 aromatic heterocycles. The molecule has 1 heterocycles. The zero-order chi connectivity index (χ0) is 18.5. The van der Waals surface area contributed by atoms with Gasteiger partial charge in [-0.05, 0) is 37.3 Å². The number of anilines is 1. The minimum absolute atomic E-state index is 0.103. The van der Waals surface area contributed by atoms with Crippen LogP contribution in [0.1, 0.15) is 17.3 Å². The van der Waals surface area contributed by atoms with E-state index in [4.69, 9.17) is 0 Å². The smallest absolute Gasteiger partial charge is 0.233 e. The van der Waals surface area contributed by atoms with Gasteiger partial charge >= 0.3 is 0 Å². The first-order chi connectivity index (χ1) is 12.5. The SMILES string of the molecule is CC(=O)c1ccc(N2CCN(C(=O)CSc3ccccc3)CC2)c(F)c1. The van der Waals surface area contributed by atoms with Crippen LogP contribution in [-0.2, 0) is 4.79 Å². The van der Waals surface area contributed by atoms with Crippen molar-refractivity contribution < 1.29 is 14.0 Å². The van der Waals surface area contributed by atoms with Gasteiger partial charge in [0.2, 0.25) is 5.91 Å². The van der Waals surface area contributed by atoms with Crippen molar-refractivity contribution in [2.45, 2.75) is 11.8 Å². The Morgan fingerprint density at radius 3 is 2.35 bits per heavy atom. The van der Waals surface area contributed by atoms with Crippen LogP contribution in [0.4, 0.5) is 10.1 Å². The molecule has 26 heavy (non-hydrogen) atoms. The number of thioether (sulfide) groups is 1. The largest absolute Gasteiger partial charge is 0.366 e. The summed E-state index contributed by atoms with van der Waals surface area (Å²) >= 11 is 1.53. The fourth-order valence-electron chi connectivity index (χ4n) is 2.93. The first-order valence-corrected chi connectivity index (χ1v) is 9.54. The highest BCUT2D eigenvalue weighted by molar-refractivity contribution is 8.00. The van der Waals surface area contributed by atoms with Crippen LogP contribution in [-0.4, -0.2) is 48.5 Å². The Hall–Kier alpha value is -2.34. The molecule has 0 spiro atoms. The summed E-state index contributed by atoms with van der Waals surface area (Å²) in [5.74, 6) is -0.0316. The second-order valence-corrected chi connectivity index (χ2v) is 7.24. The maximum atomic E-state index is 14.3.